The molecule has 0 unspecified atom stereocenters. The smallest absolute Gasteiger partial charge is 0.254 e. The zero-order chi connectivity index (χ0) is 21.0. The number of aryl methyl sites for hydroxylation is 1. The second-order valence-corrected chi connectivity index (χ2v) is 7.67. The van der Waals surface area contributed by atoms with Crippen molar-refractivity contribution in [2.45, 2.75) is 26.8 Å². The van der Waals surface area contributed by atoms with E-state index in [1.165, 1.54) is 0 Å². The lowest BCUT2D eigenvalue weighted by molar-refractivity contribution is -0.118. The number of hydrogen-bond acceptors (Lipinski definition) is 3. The molecule has 0 saturated carbocycles. The molecular weight excluding hydrogens is 432 g/mol. The third kappa shape index (κ3) is 4.92. The fourth-order valence-electron chi connectivity index (χ4n) is 3.10. The summed E-state index contributed by atoms with van der Waals surface area (Å²) in [5.74, 6) is -0.572. The standard InChI is InChI=1S/C22H23BrN4O2/c1-15-21(23)16(2)27(25-15)19-10-8-18(9-11-19)22(29)26(13-12-20(24)28)14-17-6-4-3-5-7-17/h3-11H,12-14H2,1-2H3,(H2,24,28). The van der Waals surface area contributed by atoms with Gasteiger partial charge >= 0.3 is 0 Å². The molecule has 0 aliphatic carbocycles. The summed E-state index contributed by atoms with van der Waals surface area (Å²) in [6.07, 6.45) is 0.121. The Morgan fingerprint density at radius 2 is 1.72 bits per heavy atom. The fourth-order valence-corrected chi connectivity index (χ4v) is 3.35. The quantitative estimate of drug-likeness (QED) is 0.589. The summed E-state index contributed by atoms with van der Waals surface area (Å²) < 4.78 is 2.81. The Morgan fingerprint density at radius 1 is 1.07 bits per heavy atom. The molecule has 7 heteroatoms. The highest BCUT2D eigenvalue weighted by atomic mass is 79.9. The summed E-state index contributed by atoms with van der Waals surface area (Å²) in [7, 11) is 0. The number of rotatable bonds is 7. The molecule has 150 valence electrons. The van der Waals surface area contributed by atoms with E-state index in [9.17, 15) is 9.59 Å². The van der Waals surface area contributed by atoms with Crippen molar-refractivity contribution < 1.29 is 9.59 Å². The van der Waals surface area contributed by atoms with Gasteiger partial charge in [-0.15, -0.1) is 0 Å². The van der Waals surface area contributed by atoms with Gasteiger partial charge < -0.3 is 10.6 Å². The lowest BCUT2D eigenvalue weighted by Crippen LogP contribution is -2.33. The van der Waals surface area contributed by atoms with Gasteiger partial charge in [-0.3, -0.25) is 9.59 Å². The Balaban J connectivity index is 1.82. The molecule has 0 atom stereocenters. The number of carbonyl (C=O) groups is 2. The van der Waals surface area contributed by atoms with Gasteiger partial charge in [-0.25, -0.2) is 4.68 Å². The summed E-state index contributed by atoms with van der Waals surface area (Å²) in [5, 5.41) is 4.52. The van der Waals surface area contributed by atoms with E-state index in [1.54, 1.807) is 17.0 Å². The maximum Gasteiger partial charge on any atom is 0.254 e. The first-order chi connectivity index (χ1) is 13.9. The average molecular weight is 455 g/mol. The van der Waals surface area contributed by atoms with Crippen LogP contribution in [0.1, 0.15) is 33.7 Å². The summed E-state index contributed by atoms with van der Waals surface area (Å²) in [6.45, 7) is 4.61. The SMILES string of the molecule is Cc1nn(-c2ccc(C(=O)N(CCC(N)=O)Cc3ccccc3)cc2)c(C)c1Br. The zero-order valence-electron chi connectivity index (χ0n) is 16.4. The van der Waals surface area contributed by atoms with Crippen molar-refractivity contribution in [3.63, 3.8) is 0 Å². The molecule has 29 heavy (non-hydrogen) atoms. The topological polar surface area (TPSA) is 81.2 Å². The van der Waals surface area contributed by atoms with Crippen LogP contribution in [-0.4, -0.2) is 33.0 Å². The normalized spacial score (nSPS) is 10.7. The van der Waals surface area contributed by atoms with Gasteiger partial charge in [0.2, 0.25) is 5.91 Å². The molecule has 0 saturated heterocycles. The predicted octanol–water partition coefficient (Wildman–Crippen LogP) is 3.77. The van der Waals surface area contributed by atoms with Crippen molar-refractivity contribution in [2.75, 3.05) is 6.54 Å². The monoisotopic (exact) mass is 454 g/mol. The highest BCUT2D eigenvalue weighted by molar-refractivity contribution is 9.10. The van der Waals surface area contributed by atoms with Crippen LogP contribution in [-0.2, 0) is 11.3 Å². The molecule has 2 aromatic carbocycles. The van der Waals surface area contributed by atoms with Crippen molar-refractivity contribution in [1.29, 1.82) is 0 Å². The average Bonchev–Trinajstić information content (AvgIpc) is 2.98. The highest BCUT2D eigenvalue weighted by Gasteiger charge is 2.18. The number of nitrogens with zero attached hydrogens (tertiary/aromatic N) is 3. The molecule has 0 spiro atoms. The van der Waals surface area contributed by atoms with Crippen LogP contribution in [0.15, 0.2) is 59.1 Å². The molecule has 0 aliphatic rings. The minimum absolute atomic E-state index is 0.121. The van der Waals surface area contributed by atoms with Gasteiger partial charge in [-0.05, 0) is 59.6 Å². The Hall–Kier alpha value is -2.93. The van der Waals surface area contributed by atoms with Gasteiger partial charge in [0.1, 0.15) is 0 Å². The maximum atomic E-state index is 13.1. The number of hydrogen-bond donors (Lipinski definition) is 1. The minimum Gasteiger partial charge on any atom is -0.370 e. The number of halogens is 1. The molecule has 0 bridgehead atoms. The van der Waals surface area contributed by atoms with E-state index in [2.05, 4.69) is 21.0 Å². The molecule has 2 amide bonds. The van der Waals surface area contributed by atoms with Crippen molar-refractivity contribution >= 4 is 27.7 Å². The van der Waals surface area contributed by atoms with Gasteiger partial charge in [0.25, 0.3) is 5.91 Å². The number of primary amides is 1. The van der Waals surface area contributed by atoms with Crippen LogP contribution in [0.4, 0.5) is 0 Å². The van der Waals surface area contributed by atoms with Gasteiger partial charge in [0.15, 0.2) is 0 Å². The van der Waals surface area contributed by atoms with Crippen molar-refractivity contribution in [1.82, 2.24) is 14.7 Å². The molecule has 3 aromatic rings. The molecule has 0 radical (unpaired) electrons. The van der Waals surface area contributed by atoms with E-state index in [0.717, 1.165) is 27.1 Å². The number of aromatic nitrogens is 2. The number of nitrogens with two attached hydrogens (primary N) is 1. The number of carbonyl (C=O) groups excluding carboxylic acids is 2. The second kappa shape index (κ2) is 9.05. The highest BCUT2D eigenvalue weighted by Crippen LogP contribution is 2.23. The summed E-state index contributed by atoms with van der Waals surface area (Å²) in [4.78, 5) is 26.0. The second-order valence-electron chi connectivity index (χ2n) is 6.87. The third-order valence-corrected chi connectivity index (χ3v) is 5.84. The van der Waals surface area contributed by atoms with Crippen molar-refractivity contribution in [3.8, 4) is 5.69 Å². The first kappa shape index (κ1) is 20.8. The van der Waals surface area contributed by atoms with Crippen LogP contribution >= 0.6 is 15.9 Å². The molecular formula is C22H23BrN4O2. The van der Waals surface area contributed by atoms with Crippen LogP contribution in [0.5, 0.6) is 0 Å². The van der Waals surface area contributed by atoms with Crippen LogP contribution < -0.4 is 5.73 Å². The summed E-state index contributed by atoms with van der Waals surface area (Å²) in [5.41, 5.74) is 9.62. The molecule has 3 rings (SSSR count). The van der Waals surface area contributed by atoms with E-state index in [0.29, 0.717) is 12.1 Å². The van der Waals surface area contributed by atoms with E-state index in [-0.39, 0.29) is 18.9 Å². The molecule has 6 nitrogen and oxygen atoms in total. The molecule has 1 aromatic heterocycles. The molecule has 2 N–H and O–H groups in total. The van der Waals surface area contributed by atoms with Crippen LogP contribution in [0.3, 0.4) is 0 Å². The Labute approximate surface area is 178 Å². The third-order valence-electron chi connectivity index (χ3n) is 4.69. The number of benzene rings is 2. The fraction of sp³-hybridized carbons (Fsp3) is 0.227. The first-order valence-corrected chi connectivity index (χ1v) is 10.1. The van der Waals surface area contributed by atoms with Gasteiger partial charge in [-0.1, -0.05) is 30.3 Å². The number of amides is 2. The van der Waals surface area contributed by atoms with Crippen molar-refractivity contribution in [2.24, 2.45) is 5.73 Å². The Kier molecular flexibility index (Phi) is 6.49. The predicted molar refractivity (Wildman–Crippen MR) is 116 cm³/mol. The van der Waals surface area contributed by atoms with E-state index < -0.39 is 5.91 Å². The first-order valence-electron chi connectivity index (χ1n) is 9.30. The van der Waals surface area contributed by atoms with Crippen LogP contribution in [0, 0.1) is 13.8 Å². The van der Waals surface area contributed by atoms with E-state index in [1.807, 2.05) is 61.0 Å². The molecule has 0 fully saturated rings. The maximum absolute atomic E-state index is 13.1. The largest absolute Gasteiger partial charge is 0.370 e. The molecule has 0 aliphatic heterocycles. The molecule has 1 heterocycles. The van der Waals surface area contributed by atoms with Gasteiger partial charge in [-0.2, -0.15) is 5.10 Å². The van der Waals surface area contributed by atoms with Gasteiger partial charge in [0, 0.05) is 25.1 Å². The van der Waals surface area contributed by atoms with Crippen molar-refractivity contribution in [3.05, 3.63) is 81.6 Å². The lowest BCUT2D eigenvalue weighted by atomic mass is 10.1. The van der Waals surface area contributed by atoms with E-state index >= 15 is 0 Å². The summed E-state index contributed by atoms with van der Waals surface area (Å²) in [6, 6.07) is 17.0. The van der Waals surface area contributed by atoms with Crippen LogP contribution in [0.25, 0.3) is 5.69 Å². The van der Waals surface area contributed by atoms with Crippen LogP contribution in [0.2, 0.25) is 0 Å². The lowest BCUT2D eigenvalue weighted by Gasteiger charge is -2.22. The Morgan fingerprint density at radius 3 is 2.28 bits per heavy atom. The van der Waals surface area contributed by atoms with Gasteiger partial charge in [0.05, 0.1) is 21.5 Å². The zero-order valence-corrected chi connectivity index (χ0v) is 18.0. The van der Waals surface area contributed by atoms with E-state index in [4.69, 9.17) is 5.73 Å². The summed E-state index contributed by atoms with van der Waals surface area (Å²) >= 11 is 3.53. The Bertz CT molecular complexity index is 1010. The minimum atomic E-state index is -0.429.